The van der Waals surface area contributed by atoms with E-state index in [0.29, 0.717) is 6.42 Å². The number of amides is 1. The second-order valence-corrected chi connectivity index (χ2v) is 2.25. The number of hydrogen-bond acceptors (Lipinski definition) is 3. The van der Waals surface area contributed by atoms with Crippen molar-refractivity contribution in [3.63, 3.8) is 0 Å². The Labute approximate surface area is 58.6 Å². The van der Waals surface area contributed by atoms with Gasteiger partial charge in [0.1, 0.15) is 0 Å². The summed E-state index contributed by atoms with van der Waals surface area (Å²) in [5, 5.41) is 0. The highest BCUT2D eigenvalue weighted by atomic mass is 16.7. The van der Waals surface area contributed by atoms with E-state index in [9.17, 15) is 4.79 Å². The minimum atomic E-state index is -0.869. The van der Waals surface area contributed by atoms with Crippen LogP contribution < -0.4 is 5.73 Å². The molecule has 0 spiro atoms. The molecular formula is C6H9NO3. The predicted octanol–water partition coefficient (Wildman–Crippen LogP) is 0.732. The monoisotopic (exact) mass is 143 g/mol. The SMILES string of the molecule is CC1(OC(N)=O)CC=CO1. The van der Waals surface area contributed by atoms with E-state index < -0.39 is 11.9 Å². The summed E-state index contributed by atoms with van der Waals surface area (Å²) in [5.74, 6) is -0.869. The summed E-state index contributed by atoms with van der Waals surface area (Å²) < 4.78 is 9.60. The molecule has 0 aliphatic carbocycles. The first-order valence-corrected chi connectivity index (χ1v) is 2.94. The minimum absolute atomic E-state index is 0.552. The molecule has 1 amide bonds. The zero-order valence-corrected chi connectivity index (χ0v) is 5.66. The lowest BCUT2D eigenvalue weighted by molar-refractivity contribution is -0.135. The number of rotatable bonds is 1. The van der Waals surface area contributed by atoms with Gasteiger partial charge in [-0.25, -0.2) is 4.79 Å². The molecule has 1 aliphatic heterocycles. The number of ether oxygens (including phenoxy) is 2. The summed E-state index contributed by atoms with van der Waals surface area (Å²) >= 11 is 0. The highest BCUT2D eigenvalue weighted by Gasteiger charge is 2.30. The van der Waals surface area contributed by atoms with Gasteiger partial charge in [0.15, 0.2) is 0 Å². The van der Waals surface area contributed by atoms with E-state index >= 15 is 0 Å². The number of primary amides is 1. The van der Waals surface area contributed by atoms with Crippen molar-refractivity contribution >= 4 is 6.09 Å². The molecule has 1 unspecified atom stereocenters. The predicted molar refractivity (Wildman–Crippen MR) is 33.9 cm³/mol. The Morgan fingerprint density at radius 3 is 3.00 bits per heavy atom. The van der Waals surface area contributed by atoms with Gasteiger partial charge < -0.3 is 15.2 Å². The van der Waals surface area contributed by atoms with E-state index in [2.05, 4.69) is 4.74 Å². The lowest BCUT2D eigenvalue weighted by Gasteiger charge is -2.21. The summed E-state index contributed by atoms with van der Waals surface area (Å²) in [4.78, 5) is 10.3. The van der Waals surface area contributed by atoms with Gasteiger partial charge in [-0.15, -0.1) is 0 Å². The molecule has 1 aliphatic rings. The third-order valence-corrected chi connectivity index (χ3v) is 1.22. The van der Waals surface area contributed by atoms with Crippen molar-refractivity contribution in [1.29, 1.82) is 0 Å². The van der Waals surface area contributed by atoms with Gasteiger partial charge in [0.2, 0.25) is 0 Å². The molecule has 0 bridgehead atoms. The lowest BCUT2D eigenvalue weighted by Crippen LogP contribution is -2.33. The Balaban J connectivity index is 2.46. The van der Waals surface area contributed by atoms with Gasteiger partial charge >= 0.3 is 6.09 Å². The van der Waals surface area contributed by atoms with E-state index in [-0.39, 0.29) is 0 Å². The maximum absolute atomic E-state index is 10.3. The highest BCUT2D eigenvalue weighted by molar-refractivity contribution is 5.65. The van der Waals surface area contributed by atoms with Crippen LogP contribution >= 0.6 is 0 Å². The molecule has 10 heavy (non-hydrogen) atoms. The Morgan fingerprint density at radius 1 is 1.90 bits per heavy atom. The topological polar surface area (TPSA) is 61.5 Å². The standard InChI is InChI=1S/C6H9NO3/c1-6(10-5(7)8)3-2-4-9-6/h2,4H,3H2,1H3,(H2,7,8). The van der Waals surface area contributed by atoms with Gasteiger partial charge in [0.25, 0.3) is 5.79 Å². The third kappa shape index (κ3) is 1.40. The van der Waals surface area contributed by atoms with Crippen LogP contribution in [0.15, 0.2) is 12.3 Å². The molecule has 0 aromatic heterocycles. The van der Waals surface area contributed by atoms with Crippen molar-refractivity contribution in [3.8, 4) is 0 Å². The Morgan fingerprint density at radius 2 is 2.60 bits per heavy atom. The van der Waals surface area contributed by atoms with Crippen molar-refractivity contribution in [1.82, 2.24) is 0 Å². The average molecular weight is 143 g/mol. The quantitative estimate of drug-likeness (QED) is 0.588. The second-order valence-electron chi connectivity index (χ2n) is 2.25. The summed E-state index contributed by atoms with van der Waals surface area (Å²) in [6.45, 7) is 1.65. The van der Waals surface area contributed by atoms with Crippen LogP contribution in [-0.2, 0) is 9.47 Å². The summed E-state index contributed by atoms with van der Waals surface area (Å²) in [5.41, 5.74) is 4.79. The zero-order chi connectivity index (χ0) is 7.61. The fourth-order valence-corrected chi connectivity index (χ4v) is 0.781. The maximum atomic E-state index is 10.3. The average Bonchev–Trinajstić information content (AvgIpc) is 2.12. The van der Waals surface area contributed by atoms with E-state index in [4.69, 9.17) is 10.5 Å². The first-order chi connectivity index (χ1) is 4.62. The smallest absolute Gasteiger partial charge is 0.407 e. The van der Waals surface area contributed by atoms with Crippen LogP contribution in [0.2, 0.25) is 0 Å². The molecule has 1 atom stereocenters. The van der Waals surface area contributed by atoms with Crippen LogP contribution in [0.5, 0.6) is 0 Å². The molecular weight excluding hydrogens is 134 g/mol. The summed E-state index contributed by atoms with van der Waals surface area (Å²) in [6.07, 6.45) is 2.99. The van der Waals surface area contributed by atoms with Crippen molar-refractivity contribution in [2.24, 2.45) is 5.73 Å². The fourth-order valence-electron chi connectivity index (χ4n) is 0.781. The Bertz CT molecular complexity index is 168. The summed E-state index contributed by atoms with van der Waals surface area (Å²) in [7, 11) is 0. The molecule has 1 heterocycles. The van der Waals surface area contributed by atoms with Gasteiger partial charge in [-0.1, -0.05) is 0 Å². The molecule has 2 N–H and O–H groups in total. The number of carbonyl (C=O) groups is 1. The van der Waals surface area contributed by atoms with Crippen molar-refractivity contribution in [3.05, 3.63) is 12.3 Å². The fraction of sp³-hybridized carbons (Fsp3) is 0.500. The highest BCUT2D eigenvalue weighted by Crippen LogP contribution is 2.23. The second kappa shape index (κ2) is 2.21. The van der Waals surface area contributed by atoms with Crippen LogP contribution in [0.4, 0.5) is 4.79 Å². The molecule has 0 aromatic carbocycles. The molecule has 0 saturated carbocycles. The van der Waals surface area contributed by atoms with Gasteiger partial charge in [-0.2, -0.15) is 0 Å². The van der Waals surface area contributed by atoms with Crippen LogP contribution in [0.25, 0.3) is 0 Å². The van der Waals surface area contributed by atoms with Gasteiger partial charge in [-0.3, -0.25) is 0 Å². The van der Waals surface area contributed by atoms with Gasteiger partial charge in [-0.05, 0) is 6.08 Å². The normalized spacial score (nSPS) is 29.7. The third-order valence-electron chi connectivity index (χ3n) is 1.22. The van der Waals surface area contributed by atoms with Crippen LogP contribution in [-0.4, -0.2) is 11.9 Å². The van der Waals surface area contributed by atoms with E-state index in [0.717, 1.165) is 0 Å². The van der Waals surface area contributed by atoms with Crippen molar-refractivity contribution in [2.45, 2.75) is 19.1 Å². The molecule has 4 nitrogen and oxygen atoms in total. The number of hydrogen-bond donors (Lipinski definition) is 1. The molecule has 4 heteroatoms. The van der Waals surface area contributed by atoms with Crippen molar-refractivity contribution in [2.75, 3.05) is 0 Å². The van der Waals surface area contributed by atoms with Gasteiger partial charge in [0, 0.05) is 13.3 Å². The van der Waals surface area contributed by atoms with Crippen molar-refractivity contribution < 1.29 is 14.3 Å². The first kappa shape index (κ1) is 6.92. The molecule has 0 fully saturated rings. The molecule has 0 saturated heterocycles. The molecule has 0 radical (unpaired) electrons. The molecule has 56 valence electrons. The minimum Gasteiger partial charge on any atom is -0.460 e. The van der Waals surface area contributed by atoms with E-state index in [1.807, 2.05) is 0 Å². The van der Waals surface area contributed by atoms with E-state index in [1.54, 1.807) is 13.0 Å². The zero-order valence-electron chi connectivity index (χ0n) is 5.66. The van der Waals surface area contributed by atoms with Gasteiger partial charge in [0.05, 0.1) is 6.26 Å². The number of carbonyl (C=O) groups excluding carboxylic acids is 1. The number of nitrogens with two attached hydrogens (primary N) is 1. The molecule has 1 rings (SSSR count). The maximum Gasteiger partial charge on any atom is 0.407 e. The van der Waals surface area contributed by atoms with Crippen LogP contribution in [0, 0.1) is 0 Å². The largest absolute Gasteiger partial charge is 0.460 e. The first-order valence-electron chi connectivity index (χ1n) is 2.94. The Kier molecular flexibility index (Phi) is 1.53. The summed E-state index contributed by atoms with van der Waals surface area (Å²) in [6, 6.07) is 0. The van der Waals surface area contributed by atoms with Crippen LogP contribution in [0.1, 0.15) is 13.3 Å². The lowest BCUT2D eigenvalue weighted by atomic mass is 10.2. The Hall–Kier alpha value is -1.19. The van der Waals surface area contributed by atoms with E-state index in [1.165, 1.54) is 6.26 Å². The van der Waals surface area contributed by atoms with Crippen LogP contribution in [0.3, 0.4) is 0 Å². The molecule has 0 aromatic rings.